The maximum Gasteiger partial charge on any atom is 0.309 e. The smallest absolute Gasteiger partial charge is 0.134 e. The monoisotopic (exact) mass is 124 g/mol. The van der Waals surface area contributed by atoms with Crippen LogP contribution in [0.2, 0.25) is 0 Å². The molecule has 0 spiro atoms. The van der Waals surface area contributed by atoms with Gasteiger partial charge in [0.1, 0.15) is 0 Å². The number of hydrogen-bond acceptors (Lipinski definition) is 0. The van der Waals surface area contributed by atoms with Crippen molar-refractivity contribution >= 4 is 29.6 Å². The molecule has 0 N–H and O–H groups in total. The standard InChI is InChI=1S/C2H2Cl2Si/c1-2-5(3)4/h1,5H. The third kappa shape index (κ3) is 4.36. The zero-order valence-electron chi connectivity index (χ0n) is 2.41. The van der Waals surface area contributed by atoms with Crippen molar-refractivity contribution in [1.82, 2.24) is 0 Å². The molecule has 0 saturated carbocycles. The molecular formula is C2H2Cl2Si. The lowest BCUT2D eigenvalue weighted by Gasteiger charge is -1.69. The van der Waals surface area contributed by atoms with Gasteiger partial charge in [0.2, 0.25) is 0 Å². The minimum atomic E-state index is -1.68. The van der Waals surface area contributed by atoms with Crippen molar-refractivity contribution in [3.05, 3.63) is 0 Å². The average Bonchev–Trinajstić information content (AvgIpc) is 1.38. The van der Waals surface area contributed by atoms with Gasteiger partial charge in [-0.2, -0.15) is 0 Å². The first kappa shape index (κ1) is 5.36. The van der Waals surface area contributed by atoms with Gasteiger partial charge in [-0.25, -0.2) is 0 Å². The van der Waals surface area contributed by atoms with E-state index in [-0.39, 0.29) is 0 Å². The molecule has 28 valence electrons. The summed E-state index contributed by atoms with van der Waals surface area (Å²) in [6.07, 6.45) is 4.72. The van der Waals surface area contributed by atoms with Gasteiger partial charge in [0, 0.05) is 0 Å². The Balaban J connectivity index is 2.94. The fourth-order valence-electron chi connectivity index (χ4n) is 0. The summed E-state index contributed by atoms with van der Waals surface area (Å²) in [6, 6.07) is 0. The first-order valence-electron chi connectivity index (χ1n) is 1.01. The summed E-state index contributed by atoms with van der Waals surface area (Å²) < 4.78 is 0. The Morgan fingerprint density at radius 1 is 1.60 bits per heavy atom. The molecule has 0 aromatic rings. The maximum atomic E-state index is 5.13. The van der Waals surface area contributed by atoms with Crippen LogP contribution in [-0.4, -0.2) is 7.42 Å². The van der Waals surface area contributed by atoms with Crippen LogP contribution in [-0.2, 0) is 0 Å². The molecule has 0 fully saturated rings. The van der Waals surface area contributed by atoms with Gasteiger partial charge in [-0.1, -0.05) is 0 Å². The van der Waals surface area contributed by atoms with E-state index in [0.29, 0.717) is 0 Å². The summed E-state index contributed by atoms with van der Waals surface area (Å²) in [4.78, 5) is 0. The van der Waals surface area contributed by atoms with E-state index >= 15 is 0 Å². The minimum Gasteiger partial charge on any atom is -0.134 e. The second-order valence-corrected chi connectivity index (χ2v) is 4.69. The lowest BCUT2D eigenvalue weighted by molar-refractivity contribution is 3.02. The highest BCUT2D eigenvalue weighted by molar-refractivity contribution is 7.37. The highest BCUT2D eigenvalue weighted by Crippen LogP contribution is 1.88. The van der Waals surface area contributed by atoms with Gasteiger partial charge in [-0.15, -0.1) is 34.1 Å². The molecule has 0 aliphatic heterocycles. The van der Waals surface area contributed by atoms with E-state index in [4.69, 9.17) is 28.6 Å². The zero-order chi connectivity index (χ0) is 4.28. The summed E-state index contributed by atoms with van der Waals surface area (Å²) in [5, 5.41) is 0. The lowest BCUT2D eigenvalue weighted by atomic mass is 11.4. The van der Waals surface area contributed by atoms with Gasteiger partial charge >= 0.3 is 7.42 Å². The SMILES string of the molecule is C#C[SiH](Cl)Cl. The van der Waals surface area contributed by atoms with E-state index in [0.717, 1.165) is 0 Å². The number of terminal acetylenes is 1. The van der Waals surface area contributed by atoms with Gasteiger partial charge in [-0.05, 0) is 0 Å². The highest BCUT2D eigenvalue weighted by Gasteiger charge is 1.87. The van der Waals surface area contributed by atoms with Gasteiger partial charge in [0.05, 0.1) is 0 Å². The average molecular weight is 125 g/mol. The van der Waals surface area contributed by atoms with Crippen molar-refractivity contribution < 1.29 is 0 Å². The van der Waals surface area contributed by atoms with E-state index in [2.05, 4.69) is 5.54 Å². The number of rotatable bonds is 0. The molecule has 0 bridgehead atoms. The van der Waals surface area contributed by atoms with Crippen LogP contribution in [0.25, 0.3) is 0 Å². The molecule has 0 unspecified atom stereocenters. The number of hydrogen-bond donors (Lipinski definition) is 0. The van der Waals surface area contributed by atoms with E-state index in [1.807, 2.05) is 0 Å². The molecule has 0 nitrogen and oxygen atoms in total. The van der Waals surface area contributed by atoms with Crippen LogP contribution < -0.4 is 0 Å². The van der Waals surface area contributed by atoms with E-state index in [9.17, 15) is 0 Å². The largest absolute Gasteiger partial charge is 0.309 e. The lowest BCUT2D eigenvalue weighted by Crippen LogP contribution is -1.80. The van der Waals surface area contributed by atoms with Crippen molar-refractivity contribution in [2.45, 2.75) is 0 Å². The van der Waals surface area contributed by atoms with Crippen LogP contribution in [0.5, 0.6) is 0 Å². The van der Waals surface area contributed by atoms with Crippen molar-refractivity contribution in [2.75, 3.05) is 0 Å². The Hall–Kier alpha value is 0.357. The maximum absolute atomic E-state index is 5.13. The van der Waals surface area contributed by atoms with E-state index in [1.165, 1.54) is 0 Å². The topological polar surface area (TPSA) is 0 Å². The van der Waals surface area contributed by atoms with Crippen LogP contribution >= 0.6 is 22.2 Å². The van der Waals surface area contributed by atoms with Crippen LogP contribution in [0.4, 0.5) is 0 Å². The Kier molecular flexibility index (Phi) is 2.77. The fraction of sp³-hybridized carbons (Fsp3) is 0. The van der Waals surface area contributed by atoms with Crippen molar-refractivity contribution in [2.24, 2.45) is 0 Å². The Bertz CT molecular complexity index is 53.2. The first-order chi connectivity index (χ1) is 2.27. The molecule has 3 heteroatoms. The van der Waals surface area contributed by atoms with Crippen molar-refractivity contribution in [1.29, 1.82) is 0 Å². The molecule has 0 atom stereocenters. The van der Waals surface area contributed by atoms with E-state index in [1.54, 1.807) is 0 Å². The van der Waals surface area contributed by atoms with Gasteiger partial charge in [0.15, 0.2) is 0 Å². The van der Waals surface area contributed by atoms with Gasteiger partial charge in [0.25, 0.3) is 0 Å². The third-order valence-corrected chi connectivity index (χ3v) is 1.13. The molecular weight excluding hydrogens is 123 g/mol. The Morgan fingerprint density at radius 2 is 1.80 bits per heavy atom. The first-order valence-corrected chi connectivity index (χ1v) is 5.08. The second-order valence-electron chi connectivity index (χ2n) is 0.467. The minimum absolute atomic E-state index is 1.68. The molecule has 0 aliphatic rings. The van der Waals surface area contributed by atoms with Gasteiger partial charge < -0.3 is 0 Å². The highest BCUT2D eigenvalue weighted by atomic mass is 35.7. The van der Waals surface area contributed by atoms with E-state index < -0.39 is 7.42 Å². The summed E-state index contributed by atoms with van der Waals surface area (Å²) in [7, 11) is -1.68. The zero-order valence-corrected chi connectivity index (χ0v) is 5.08. The van der Waals surface area contributed by atoms with Crippen molar-refractivity contribution in [3.8, 4) is 12.0 Å². The Labute approximate surface area is 42.1 Å². The molecule has 0 amide bonds. The number of halogens is 2. The fourth-order valence-corrected chi connectivity index (χ4v) is 0. The predicted octanol–water partition coefficient (Wildman–Crippen LogP) is 0.857. The van der Waals surface area contributed by atoms with Crippen LogP contribution in [0, 0.1) is 12.0 Å². The second kappa shape index (κ2) is 2.59. The van der Waals surface area contributed by atoms with Crippen LogP contribution in [0.15, 0.2) is 0 Å². The molecule has 0 aromatic carbocycles. The molecule has 0 aromatic heterocycles. The molecule has 0 rings (SSSR count). The Morgan fingerprint density at radius 3 is 1.80 bits per heavy atom. The normalized spacial score (nSPS) is 7.60. The molecule has 0 radical (unpaired) electrons. The quantitative estimate of drug-likeness (QED) is 0.256. The summed E-state index contributed by atoms with van der Waals surface area (Å²) in [6.45, 7) is 0. The summed E-state index contributed by atoms with van der Waals surface area (Å²) in [5.74, 6) is 0. The van der Waals surface area contributed by atoms with Crippen molar-refractivity contribution in [3.63, 3.8) is 0 Å². The predicted molar refractivity (Wildman–Crippen MR) is 27.7 cm³/mol. The van der Waals surface area contributed by atoms with Gasteiger partial charge in [-0.3, -0.25) is 0 Å². The third-order valence-electron chi connectivity index (χ3n) is 0.126. The molecule has 5 heavy (non-hydrogen) atoms. The molecule has 0 heterocycles. The summed E-state index contributed by atoms with van der Waals surface area (Å²) >= 11 is 10.3. The van der Waals surface area contributed by atoms with Crippen LogP contribution in [0.3, 0.4) is 0 Å². The molecule has 0 saturated heterocycles. The molecule has 0 aliphatic carbocycles. The van der Waals surface area contributed by atoms with Crippen LogP contribution in [0.1, 0.15) is 0 Å². The summed E-state index contributed by atoms with van der Waals surface area (Å²) in [5.41, 5.74) is 2.20.